The van der Waals surface area contributed by atoms with Crippen molar-refractivity contribution < 1.29 is 4.57 Å². The fourth-order valence-electron chi connectivity index (χ4n) is 6.83. The molecule has 5 aromatic carbocycles. The molecule has 2 aromatic heterocycles. The Balaban J connectivity index is 1.51. The Morgan fingerprint density at radius 1 is 0.400 bits per heavy atom. The van der Waals surface area contributed by atoms with Crippen molar-refractivity contribution in [2.24, 2.45) is 0 Å². The molecule has 3 nitrogen and oxygen atoms in total. The summed E-state index contributed by atoms with van der Waals surface area (Å²) in [6, 6.07) is 59.2. The zero-order valence-electron chi connectivity index (χ0n) is 24.5. The van der Waals surface area contributed by atoms with Crippen LogP contribution in [-0.2, 0) is 9.98 Å². The minimum absolute atomic E-state index is 0.814. The minimum Gasteiger partial charge on any atom is -0.309 e. The lowest BCUT2D eigenvalue weighted by molar-refractivity contribution is 0.589. The van der Waals surface area contributed by atoms with E-state index in [-0.39, 0.29) is 0 Å². The molecule has 0 atom stereocenters. The summed E-state index contributed by atoms with van der Waals surface area (Å²) in [4.78, 5) is 10.8. The Labute approximate surface area is 263 Å². The van der Waals surface area contributed by atoms with Gasteiger partial charge in [-0.15, -0.1) is 0 Å². The smallest absolute Gasteiger partial charge is 0.171 e. The summed E-state index contributed by atoms with van der Waals surface area (Å²) in [5.74, 6) is 0. The molecule has 0 unspecified atom stereocenters. The van der Waals surface area contributed by atoms with Crippen molar-refractivity contribution in [3.05, 3.63) is 198 Å². The molecule has 8 rings (SSSR count). The van der Waals surface area contributed by atoms with Gasteiger partial charge in [0, 0.05) is 27.0 Å². The molecule has 3 heterocycles. The fraction of sp³-hybridized carbons (Fsp3) is 0.0244. The van der Waals surface area contributed by atoms with E-state index in [1.807, 2.05) is 103 Å². The first kappa shape index (κ1) is 27.2. The lowest BCUT2D eigenvalue weighted by Crippen LogP contribution is -2.47. The van der Waals surface area contributed by atoms with Crippen molar-refractivity contribution in [2.75, 3.05) is 0 Å². The molecule has 1 aliphatic heterocycles. The van der Waals surface area contributed by atoms with Crippen LogP contribution in [0.3, 0.4) is 0 Å². The maximum absolute atomic E-state index is 15.8. The van der Waals surface area contributed by atoms with Gasteiger partial charge in [-0.2, -0.15) is 0 Å². The van der Waals surface area contributed by atoms with Crippen molar-refractivity contribution in [1.29, 1.82) is 0 Å². The molecule has 0 fully saturated rings. The predicted molar refractivity (Wildman–Crippen MR) is 184 cm³/mol. The van der Waals surface area contributed by atoms with Crippen molar-refractivity contribution in [1.82, 2.24) is 9.97 Å². The summed E-state index contributed by atoms with van der Waals surface area (Å²) in [5, 5.41) is 2.44. The second-order valence-electron chi connectivity index (χ2n) is 11.3. The van der Waals surface area contributed by atoms with Crippen LogP contribution in [0.5, 0.6) is 0 Å². The van der Waals surface area contributed by atoms with Crippen LogP contribution in [0.1, 0.15) is 22.5 Å². The molecular formula is C41H29N2OP. The van der Waals surface area contributed by atoms with Gasteiger partial charge in [0.2, 0.25) is 0 Å². The summed E-state index contributed by atoms with van der Waals surface area (Å²) in [5.41, 5.74) is 6.42. The van der Waals surface area contributed by atoms with Crippen LogP contribution < -0.4 is 15.9 Å². The van der Waals surface area contributed by atoms with Crippen LogP contribution in [0.25, 0.3) is 22.5 Å². The van der Waals surface area contributed by atoms with Gasteiger partial charge in [0.1, 0.15) is 5.41 Å². The number of fused-ring (bicyclic) bond motifs is 2. The van der Waals surface area contributed by atoms with E-state index in [4.69, 9.17) is 9.97 Å². The quantitative estimate of drug-likeness (QED) is 0.188. The van der Waals surface area contributed by atoms with Crippen molar-refractivity contribution in [3.8, 4) is 22.5 Å². The highest BCUT2D eigenvalue weighted by Crippen LogP contribution is 2.56. The molecule has 0 bridgehead atoms. The van der Waals surface area contributed by atoms with Crippen LogP contribution in [0.4, 0.5) is 0 Å². The normalized spacial score (nSPS) is 14.2. The van der Waals surface area contributed by atoms with Crippen LogP contribution in [0.2, 0.25) is 0 Å². The Hall–Kier alpha value is -5.37. The van der Waals surface area contributed by atoms with Gasteiger partial charge in [0.25, 0.3) is 0 Å². The second-order valence-corrected chi connectivity index (χ2v) is 14.0. The third-order valence-corrected chi connectivity index (χ3v) is 12.0. The molecule has 0 radical (unpaired) electrons. The highest BCUT2D eigenvalue weighted by atomic mass is 31.2. The lowest BCUT2D eigenvalue weighted by Gasteiger charge is -2.43. The topological polar surface area (TPSA) is 42.9 Å². The molecule has 0 saturated carbocycles. The first-order chi connectivity index (χ1) is 22.2. The predicted octanol–water partition coefficient (Wildman–Crippen LogP) is 8.15. The van der Waals surface area contributed by atoms with E-state index in [1.165, 1.54) is 0 Å². The maximum atomic E-state index is 15.8. The monoisotopic (exact) mass is 596 g/mol. The lowest BCUT2D eigenvalue weighted by atomic mass is 9.68. The van der Waals surface area contributed by atoms with E-state index in [0.717, 1.165) is 60.9 Å². The minimum atomic E-state index is -3.26. The average molecular weight is 597 g/mol. The number of hydrogen-bond donors (Lipinski definition) is 0. The molecule has 1 aliphatic rings. The molecule has 45 heavy (non-hydrogen) atoms. The van der Waals surface area contributed by atoms with Gasteiger partial charge in [0.15, 0.2) is 7.14 Å². The van der Waals surface area contributed by atoms with Crippen LogP contribution in [0.15, 0.2) is 176 Å². The van der Waals surface area contributed by atoms with Gasteiger partial charge in [-0.05, 0) is 35.4 Å². The zero-order chi connectivity index (χ0) is 30.3. The largest absolute Gasteiger partial charge is 0.309 e. The van der Waals surface area contributed by atoms with E-state index in [0.29, 0.717) is 0 Å². The third-order valence-electron chi connectivity index (χ3n) is 8.82. The van der Waals surface area contributed by atoms with E-state index >= 15 is 4.57 Å². The first-order valence-electron chi connectivity index (χ1n) is 15.1. The summed E-state index contributed by atoms with van der Waals surface area (Å²) in [6.45, 7) is 0. The Bertz CT molecular complexity index is 2060. The summed E-state index contributed by atoms with van der Waals surface area (Å²) < 4.78 is 15.8. The highest BCUT2D eigenvalue weighted by Gasteiger charge is 2.52. The van der Waals surface area contributed by atoms with Crippen molar-refractivity contribution in [2.45, 2.75) is 5.41 Å². The summed E-state index contributed by atoms with van der Waals surface area (Å²) >= 11 is 0. The Morgan fingerprint density at radius 2 is 0.800 bits per heavy atom. The molecular weight excluding hydrogens is 567 g/mol. The van der Waals surface area contributed by atoms with Gasteiger partial charge >= 0.3 is 0 Å². The molecule has 0 spiro atoms. The SMILES string of the molecule is O=P1(c2ccccc2)c2ccccc2C(c2cccc(-c3ccccc3)n2)(c2cccc(-c3ccccc3)n2)c2ccccc21. The molecule has 0 saturated heterocycles. The van der Waals surface area contributed by atoms with Gasteiger partial charge in [-0.25, -0.2) is 0 Å². The fourth-order valence-corrected chi connectivity index (χ4v) is 9.99. The molecule has 4 heteroatoms. The maximum Gasteiger partial charge on any atom is 0.171 e. The van der Waals surface area contributed by atoms with Gasteiger partial charge in [-0.3, -0.25) is 9.97 Å². The van der Waals surface area contributed by atoms with E-state index in [9.17, 15) is 0 Å². The zero-order valence-corrected chi connectivity index (χ0v) is 25.4. The number of pyridine rings is 2. The summed E-state index contributed by atoms with van der Waals surface area (Å²) in [7, 11) is -3.26. The number of rotatable bonds is 5. The molecule has 0 aliphatic carbocycles. The summed E-state index contributed by atoms with van der Waals surface area (Å²) in [6.07, 6.45) is 0. The second kappa shape index (κ2) is 11.0. The van der Waals surface area contributed by atoms with Crippen molar-refractivity contribution >= 4 is 23.1 Å². The standard InChI is InChI=1S/C41H29N2OP/c44-45(32-20-8-3-9-21-32)37-26-12-10-22-33(37)41(34-23-11-13-27-38(34)45,39-28-14-24-35(42-39)30-16-4-1-5-17-30)40-29-15-25-36(43-40)31-18-6-2-7-19-31/h1-29H. The van der Waals surface area contributed by atoms with Gasteiger partial charge in [-0.1, -0.05) is 152 Å². The number of hydrogen-bond acceptors (Lipinski definition) is 3. The van der Waals surface area contributed by atoms with Gasteiger partial charge in [0.05, 0.1) is 22.8 Å². The Kier molecular flexibility index (Phi) is 6.63. The van der Waals surface area contributed by atoms with E-state index in [1.54, 1.807) is 0 Å². The average Bonchev–Trinajstić information content (AvgIpc) is 3.13. The van der Waals surface area contributed by atoms with E-state index in [2.05, 4.69) is 72.8 Å². The van der Waals surface area contributed by atoms with Gasteiger partial charge < -0.3 is 4.57 Å². The van der Waals surface area contributed by atoms with Crippen LogP contribution >= 0.6 is 7.14 Å². The number of benzene rings is 5. The molecule has 0 N–H and O–H groups in total. The van der Waals surface area contributed by atoms with Crippen LogP contribution in [-0.4, -0.2) is 9.97 Å². The number of nitrogens with zero attached hydrogens (tertiary/aromatic N) is 2. The van der Waals surface area contributed by atoms with Crippen molar-refractivity contribution in [3.63, 3.8) is 0 Å². The third kappa shape index (κ3) is 4.23. The van der Waals surface area contributed by atoms with Crippen LogP contribution in [0, 0.1) is 0 Å². The molecule has 0 amide bonds. The molecule has 7 aromatic rings. The first-order valence-corrected chi connectivity index (χ1v) is 16.8. The number of aromatic nitrogens is 2. The molecule has 214 valence electrons. The van der Waals surface area contributed by atoms with E-state index < -0.39 is 12.6 Å². The highest BCUT2D eigenvalue weighted by molar-refractivity contribution is 7.85. The Morgan fingerprint density at radius 3 is 1.27 bits per heavy atom.